The van der Waals surface area contributed by atoms with Crippen molar-refractivity contribution in [2.24, 2.45) is 0 Å². The predicted octanol–water partition coefficient (Wildman–Crippen LogP) is 1.75. The maximum atomic E-state index is 11.3. The second-order valence-corrected chi connectivity index (χ2v) is 4.63. The Bertz CT molecular complexity index is 638. The smallest absolute Gasteiger partial charge is 0.262 e. The number of fused-ring (bicyclic) bond motifs is 1. The van der Waals surface area contributed by atoms with Crippen LogP contribution in [0, 0.1) is 0 Å². The van der Waals surface area contributed by atoms with Gasteiger partial charge in [0.25, 0.3) is 5.91 Å². The Hall–Kier alpha value is -2.02. The van der Waals surface area contributed by atoms with Crippen LogP contribution >= 0.6 is 15.9 Å². The normalized spacial score (nSPS) is 13.7. The molecule has 3 rings (SSSR count). The predicted molar refractivity (Wildman–Crippen MR) is 70.3 cm³/mol. The third kappa shape index (κ3) is 1.82. The highest BCUT2D eigenvalue weighted by Crippen LogP contribution is 2.34. The number of nitrogens with zero attached hydrogens (tertiary/aromatic N) is 1. The van der Waals surface area contributed by atoms with Crippen molar-refractivity contribution < 1.29 is 9.53 Å². The van der Waals surface area contributed by atoms with E-state index in [1.165, 1.54) is 0 Å². The van der Waals surface area contributed by atoms with Gasteiger partial charge in [-0.15, -0.1) is 0 Å². The summed E-state index contributed by atoms with van der Waals surface area (Å²) in [5, 5.41) is 2.75. The first kappa shape index (κ1) is 11.1. The zero-order valence-electron chi connectivity index (χ0n) is 9.16. The summed E-state index contributed by atoms with van der Waals surface area (Å²) in [6, 6.07) is 5.45. The lowest BCUT2D eigenvalue weighted by Crippen LogP contribution is -2.25. The van der Waals surface area contributed by atoms with Crippen molar-refractivity contribution in [2.75, 3.05) is 17.7 Å². The highest BCUT2D eigenvalue weighted by molar-refractivity contribution is 9.10. The van der Waals surface area contributed by atoms with Gasteiger partial charge in [-0.3, -0.25) is 4.79 Å². The Morgan fingerprint density at radius 3 is 3.00 bits per heavy atom. The van der Waals surface area contributed by atoms with Crippen molar-refractivity contribution in [1.82, 2.24) is 9.97 Å². The quantitative estimate of drug-likeness (QED) is 0.748. The van der Waals surface area contributed by atoms with E-state index in [4.69, 9.17) is 10.5 Å². The number of anilines is 2. The van der Waals surface area contributed by atoms with Crippen LogP contribution in [0.2, 0.25) is 0 Å². The second-order valence-electron chi connectivity index (χ2n) is 3.83. The molecule has 1 aromatic heterocycles. The molecule has 0 atom stereocenters. The Morgan fingerprint density at radius 1 is 1.44 bits per heavy atom. The maximum Gasteiger partial charge on any atom is 0.262 e. The van der Waals surface area contributed by atoms with E-state index in [-0.39, 0.29) is 12.5 Å². The second kappa shape index (κ2) is 4.02. The number of hydrogen-bond acceptors (Lipinski definition) is 4. The molecule has 18 heavy (non-hydrogen) atoms. The standard InChI is InChI=1S/C11H9BrN4O2/c12-10-9(15-11(13)16-10)5-1-2-7-6(3-5)14-8(17)4-18-7/h1-3H,4H2,(H,14,17)(H3,13,15,16). The fourth-order valence-electron chi connectivity index (χ4n) is 1.79. The van der Waals surface area contributed by atoms with Gasteiger partial charge >= 0.3 is 0 Å². The molecule has 7 heteroatoms. The summed E-state index contributed by atoms with van der Waals surface area (Å²) in [5.41, 5.74) is 7.74. The number of nitrogens with two attached hydrogens (primary N) is 1. The minimum Gasteiger partial charge on any atom is -0.482 e. The van der Waals surface area contributed by atoms with Gasteiger partial charge in [-0.2, -0.15) is 0 Å². The van der Waals surface area contributed by atoms with Crippen LogP contribution in [-0.2, 0) is 4.79 Å². The Morgan fingerprint density at radius 2 is 2.28 bits per heavy atom. The number of aromatic nitrogens is 2. The van der Waals surface area contributed by atoms with Crippen molar-refractivity contribution in [3.05, 3.63) is 22.8 Å². The molecule has 1 aliphatic heterocycles. The number of halogens is 1. The first-order chi connectivity index (χ1) is 8.63. The third-order valence-electron chi connectivity index (χ3n) is 2.56. The summed E-state index contributed by atoms with van der Waals surface area (Å²) in [6.45, 7) is 0.0470. The van der Waals surface area contributed by atoms with Crippen LogP contribution in [0.1, 0.15) is 0 Å². The van der Waals surface area contributed by atoms with Crippen LogP contribution in [0.25, 0.3) is 11.3 Å². The van der Waals surface area contributed by atoms with Gasteiger partial charge in [0, 0.05) is 5.56 Å². The van der Waals surface area contributed by atoms with Crippen molar-refractivity contribution in [1.29, 1.82) is 0 Å². The number of aromatic amines is 1. The van der Waals surface area contributed by atoms with E-state index in [0.717, 1.165) is 5.56 Å². The Balaban J connectivity index is 2.07. The SMILES string of the molecule is Nc1nc(-c2ccc3c(c2)NC(=O)CO3)c(Br)[nH]1. The van der Waals surface area contributed by atoms with E-state index in [0.29, 0.717) is 27.7 Å². The van der Waals surface area contributed by atoms with Crippen LogP contribution in [-0.4, -0.2) is 22.5 Å². The third-order valence-corrected chi connectivity index (χ3v) is 3.14. The Labute approximate surface area is 111 Å². The molecule has 0 unspecified atom stereocenters. The number of benzene rings is 1. The fraction of sp³-hybridized carbons (Fsp3) is 0.0909. The zero-order chi connectivity index (χ0) is 12.7. The number of nitrogens with one attached hydrogen (secondary N) is 2. The molecule has 6 nitrogen and oxygen atoms in total. The molecule has 2 aromatic rings. The van der Waals surface area contributed by atoms with Gasteiger partial charge in [0.15, 0.2) is 12.6 Å². The lowest BCUT2D eigenvalue weighted by molar-refractivity contribution is -0.118. The zero-order valence-corrected chi connectivity index (χ0v) is 10.7. The van der Waals surface area contributed by atoms with Crippen LogP contribution in [0.15, 0.2) is 22.8 Å². The van der Waals surface area contributed by atoms with E-state index in [1.807, 2.05) is 6.07 Å². The van der Waals surface area contributed by atoms with E-state index < -0.39 is 0 Å². The summed E-state index contributed by atoms with van der Waals surface area (Å²) in [4.78, 5) is 18.3. The fourth-order valence-corrected chi connectivity index (χ4v) is 2.31. The number of imidazole rings is 1. The molecule has 92 valence electrons. The number of H-pyrrole nitrogens is 1. The van der Waals surface area contributed by atoms with Crippen LogP contribution in [0.3, 0.4) is 0 Å². The number of ether oxygens (including phenoxy) is 1. The largest absolute Gasteiger partial charge is 0.482 e. The van der Waals surface area contributed by atoms with Gasteiger partial charge in [0.1, 0.15) is 16.0 Å². The van der Waals surface area contributed by atoms with Crippen LogP contribution < -0.4 is 15.8 Å². The number of nitrogen functional groups attached to an aromatic ring is 1. The van der Waals surface area contributed by atoms with Gasteiger partial charge in [-0.25, -0.2) is 4.98 Å². The lowest BCUT2D eigenvalue weighted by Gasteiger charge is -2.18. The summed E-state index contributed by atoms with van der Waals surface area (Å²) >= 11 is 3.35. The first-order valence-electron chi connectivity index (χ1n) is 5.21. The van der Waals surface area contributed by atoms with Crippen LogP contribution in [0.5, 0.6) is 5.75 Å². The molecular formula is C11H9BrN4O2. The molecule has 1 aliphatic rings. The molecule has 1 amide bonds. The molecule has 0 saturated heterocycles. The number of carbonyl (C=O) groups excluding carboxylic acids is 1. The summed E-state index contributed by atoms with van der Waals surface area (Å²) < 4.78 is 5.98. The monoisotopic (exact) mass is 308 g/mol. The number of hydrogen-bond donors (Lipinski definition) is 3. The summed E-state index contributed by atoms with van der Waals surface area (Å²) in [5.74, 6) is 0.813. The van der Waals surface area contributed by atoms with E-state index in [1.54, 1.807) is 12.1 Å². The van der Waals surface area contributed by atoms with Gasteiger partial charge in [0.05, 0.1) is 5.69 Å². The number of carbonyl (C=O) groups is 1. The van der Waals surface area contributed by atoms with E-state index in [9.17, 15) is 4.79 Å². The molecule has 0 aliphatic carbocycles. The average Bonchev–Trinajstić information content (AvgIpc) is 2.67. The van der Waals surface area contributed by atoms with Gasteiger partial charge < -0.3 is 20.8 Å². The molecule has 0 bridgehead atoms. The highest BCUT2D eigenvalue weighted by Gasteiger charge is 2.17. The lowest BCUT2D eigenvalue weighted by atomic mass is 10.1. The highest BCUT2D eigenvalue weighted by atomic mass is 79.9. The average molecular weight is 309 g/mol. The van der Waals surface area contributed by atoms with Gasteiger partial charge in [-0.05, 0) is 34.1 Å². The van der Waals surface area contributed by atoms with Crippen molar-refractivity contribution >= 4 is 33.5 Å². The summed E-state index contributed by atoms with van der Waals surface area (Å²) in [6.07, 6.45) is 0. The van der Waals surface area contributed by atoms with E-state index >= 15 is 0 Å². The molecule has 4 N–H and O–H groups in total. The first-order valence-corrected chi connectivity index (χ1v) is 6.01. The Kier molecular flexibility index (Phi) is 2.48. The number of rotatable bonds is 1. The van der Waals surface area contributed by atoms with Crippen LogP contribution in [0.4, 0.5) is 11.6 Å². The number of amides is 1. The molecule has 0 radical (unpaired) electrons. The summed E-state index contributed by atoms with van der Waals surface area (Å²) in [7, 11) is 0. The minimum atomic E-state index is -0.166. The van der Waals surface area contributed by atoms with Crippen molar-refractivity contribution in [3.8, 4) is 17.0 Å². The molecule has 1 aromatic carbocycles. The maximum absolute atomic E-state index is 11.3. The molecule has 0 spiro atoms. The molecule has 0 fully saturated rings. The topological polar surface area (TPSA) is 93.0 Å². The van der Waals surface area contributed by atoms with Gasteiger partial charge in [-0.1, -0.05) is 0 Å². The van der Waals surface area contributed by atoms with Crippen molar-refractivity contribution in [3.63, 3.8) is 0 Å². The van der Waals surface area contributed by atoms with Gasteiger partial charge in [0.2, 0.25) is 0 Å². The van der Waals surface area contributed by atoms with E-state index in [2.05, 4.69) is 31.2 Å². The molecule has 0 saturated carbocycles. The minimum absolute atomic E-state index is 0.0470. The van der Waals surface area contributed by atoms with Crippen molar-refractivity contribution in [2.45, 2.75) is 0 Å². The molecule has 2 heterocycles. The molecular weight excluding hydrogens is 300 g/mol.